The highest BCUT2D eigenvalue weighted by Crippen LogP contribution is 2.44. The zero-order valence-corrected chi connectivity index (χ0v) is 16.9. The number of alkyl carbamates (subject to hydrolysis) is 1. The summed E-state index contributed by atoms with van der Waals surface area (Å²) in [6, 6.07) is 16.7. The highest BCUT2D eigenvalue weighted by Gasteiger charge is 2.28. The van der Waals surface area contributed by atoms with Crippen molar-refractivity contribution >= 4 is 6.09 Å². The Kier molecular flexibility index (Phi) is 7.49. The highest BCUT2D eigenvalue weighted by molar-refractivity contribution is 5.79. The third-order valence-corrected chi connectivity index (χ3v) is 5.63. The van der Waals surface area contributed by atoms with Crippen molar-refractivity contribution in [2.75, 3.05) is 26.9 Å². The lowest BCUT2D eigenvalue weighted by Gasteiger charge is -2.15. The molecule has 150 valence electrons. The topological polar surface area (TPSA) is 47.6 Å². The summed E-state index contributed by atoms with van der Waals surface area (Å²) in [5.41, 5.74) is 4.96. The monoisotopic (exact) mass is 381 g/mol. The Morgan fingerprint density at radius 2 is 1.68 bits per heavy atom. The fourth-order valence-electron chi connectivity index (χ4n) is 4.04. The van der Waals surface area contributed by atoms with Crippen molar-refractivity contribution in [2.45, 2.75) is 38.5 Å². The molecule has 4 nitrogen and oxygen atoms in total. The van der Waals surface area contributed by atoms with E-state index in [4.69, 9.17) is 9.47 Å². The van der Waals surface area contributed by atoms with Crippen LogP contribution in [0.25, 0.3) is 11.1 Å². The van der Waals surface area contributed by atoms with Crippen molar-refractivity contribution in [3.05, 3.63) is 59.7 Å². The largest absolute Gasteiger partial charge is 0.449 e. The van der Waals surface area contributed by atoms with Crippen molar-refractivity contribution in [1.82, 2.24) is 5.32 Å². The zero-order chi connectivity index (χ0) is 19.8. The van der Waals surface area contributed by atoms with Crippen molar-refractivity contribution < 1.29 is 14.3 Å². The van der Waals surface area contributed by atoms with Crippen LogP contribution in [0.1, 0.15) is 49.7 Å². The van der Waals surface area contributed by atoms with Crippen LogP contribution in [0.3, 0.4) is 0 Å². The number of benzene rings is 2. The zero-order valence-electron chi connectivity index (χ0n) is 16.9. The van der Waals surface area contributed by atoms with Gasteiger partial charge in [-0.25, -0.2) is 4.79 Å². The predicted octanol–water partition coefficient (Wildman–Crippen LogP) is 5.37. The summed E-state index contributed by atoms with van der Waals surface area (Å²) in [4.78, 5) is 12.1. The molecule has 2 aromatic rings. The molecule has 0 radical (unpaired) electrons. The summed E-state index contributed by atoms with van der Waals surface area (Å²) in [6.07, 6.45) is 3.99. The van der Waals surface area contributed by atoms with Crippen LogP contribution in [-0.2, 0) is 9.47 Å². The maximum atomic E-state index is 12.1. The molecule has 1 aliphatic rings. The number of rotatable bonds is 10. The number of ether oxygens (including phenoxy) is 2. The fourth-order valence-corrected chi connectivity index (χ4v) is 4.04. The van der Waals surface area contributed by atoms with E-state index in [1.807, 2.05) is 12.1 Å². The van der Waals surface area contributed by atoms with E-state index in [1.165, 1.54) is 22.3 Å². The molecule has 0 saturated heterocycles. The van der Waals surface area contributed by atoms with Gasteiger partial charge in [0.1, 0.15) is 6.61 Å². The van der Waals surface area contributed by atoms with E-state index >= 15 is 0 Å². The van der Waals surface area contributed by atoms with Crippen LogP contribution >= 0.6 is 0 Å². The van der Waals surface area contributed by atoms with E-state index in [2.05, 4.69) is 48.6 Å². The Balaban J connectivity index is 1.44. The lowest BCUT2D eigenvalue weighted by Crippen LogP contribution is -2.27. The minimum Gasteiger partial charge on any atom is -0.449 e. The van der Waals surface area contributed by atoms with Gasteiger partial charge in [0, 0.05) is 26.2 Å². The lowest BCUT2D eigenvalue weighted by molar-refractivity contribution is 0.140. The normalized spacial score (nSPS) is 13.6. The first-order valence-corrected chi connectivity index (χ1v) is 10.3. The average Bonchev–Trinajstić information content (AvgIpc) is 3.05. The van der Waals surface area contributed by atoms with Crippen LogP contribution in [0.15, 0.2) is 48.5 Å². The van der Waals surface area contributed by atoms with E-state index in [0.29, 0.717) is 19.1 Å². The van der Waals surface area contributed by atoms with Gasteiger partial charge in [-0.1, -0.05) is 68.3 Å². The van der Waals surface area contributed by atoms with E-state index < -0.39 is 0 Å². The maximum Gasteiger partial charge on any atom is 0.407 e. The molecular weight excluding hydrogens is 350 g/mol. The van der Waals surface area contributed by atoms with Gasteiger partial charge in [-0.15, -0.1) is 0 Å². The Hall–Kier alpha value is -2.33. The summed E-state index contributed by atoms with van der Waals surface area (Å²) >= 11 is 0. The van der Waals surface area contributed by atoms with Crippen LogP contribution in [0.4, 0.5) is 4.79 Å². The number of fused-ring (bicyclic) bond motifs is 3. The summed E-state index contributed by atoms with van der Waals surface area (Å²) < 4.78 is 10.8. The Morgan fingerprint density at radius 3 is 2.29 bits per heavy atom. The molecule has 3 rings (SSSR count). The number of unbranched alkanes of at least 4 members (excludes halogenated alkanes) is 1. The average molecular weight is 382 g/mol. The van der Waals surface area contributed by atoms with E-state index in [9.17, 15) is 4.79 Å². The number of methoxy groups -OCH3 is 1. The van der Waals surface area contributed by atoms with Crippen molar-refractivity contribution in [3.8, 4) is 11.1 Å². The number of carbonyl (C=O) groups excluding carboxylic acids is 1. The van der Waals surface area contributed by atoms with Crippen molar-refractivity contribution in [2.24, 2.45) is 5.92 Å². The second-order valence-corrected chi connectivity index (χ2v) is 7.48. The molecule has 0 fully saturated rings. The molecule has 1 amide bonds. The Morgan fingerprint density at radius 1 is 1.04 bits per heavy atom. The smallest absolute Gasteiger partial charge is 0.407 e. The molecule has 1 atom stereocenters. The van der Waals surface area contributed by atoms with Gasteiger partial charge >= 0.3 is 6.09 Å². The summed E-state index contributed by atoms with van der Waals surface area (Å²) in [5, 5.41) is 2.89. The highest BCUT2D eigenvalue weighted by atomic mass is 16.5. The van der Waals surface area contributed by atoms with Crippen LogP contribution in [0, 0.1) is 5.92 Å². The molecule has 0 saturated carbocycles. The van der Waals surface area contributed by atoms with Gasteiger partial charge < -0.3 is 14.8 Å². The minimum absolute atomic E-state index is 0.109. The van der Waals surface area contributed by atoms with Crippen LogP contribution in [0.5, 0.6) is 0 Å². The second kappa shape index (κ2) is 10.3. The van der Waals surface area contributed by atoms with Crippen LogP contribution in [-0.4, -0.2) is 33.0 Å². The molecule has 2 aromatic carbocycles. The number of amides is 1. The summed E-state index contributed by atoms with van der Waals surface area (Å²) in [7, 11) is 1.75. The molecule has 28 heavy (non-hydrogen) atoms. The fraction of sp³-hybridized carbons (Fsp3) is 0.458. The molecule has 0 aromatic heterocycles. The van der Waals surface area contributed by atoms with Gasteiger partial charge in [0.25, 0.3) is 0 Å². The number of nitrogens with one attached hydrogen (secondary N) is 1. The maximum absolute atomic E-state index is 12.1. The molecule has 0 bridgehead atoms. The van der Waals surface area contributed by atoms with E-state index in [0.717, 1.165) is 32.3 Å². The van der Waals surface area contributed by atoms with Gasteiger partial charge in [-0.2, -0.15) is 0 Å². The minimum atomic E-state index is -0.328. The molecule has 0 heterocycles. The second-order valence-electron chi connectivity index (χ2n) is 7.48. The quantitative estimate of drug-likeness (QED) is 0.563. The van der Waals surface area contributed by atoms with E-state index in [-0.39, 0.29) is 12.0 Å². The predicted molar refractivity (Wildman–Crippen MR) is 113 cm³/mol. The lowest BCUT2D eigenvalue weighted by atomic mass is 9.98. The number of hydrogen-bond acceptors (Lipinski definition) is 3. The van der Waals surface area contributed by atoms with Gasteiger partial charge in [-0.3, -0.25) is 0 Å². The van der Waals surface area contributed by atoms with E-state index in [1.54, 1.807) is 7.11 Å². The molecule has 1 N–H and O–H groups in total. The Bertz CT molecular complexity index is 728. The first kappa shape index (κ1) is 20.4. The van der Waals surface area contributed by atoms with Crippen LogP contribution < -0.4 is 5.32 Å². The summed E-state index contributed by atoms with van der Waals surface area (Å²) in [6.45, 7) is 4.03. The first-order chi connectivity index (χ1) is 13.7. The SMILES string of the molecule is CCC(CCCCNC(=O)OCC1c2ccccc2-c2ccccc21)COC. The van der Waals surface area contributed by atoms with Gasteiger partial charge in [0.05, 0.1) is 0 Å². The molecule has 4 heteroatoms. The molecule has 1 unspecified atom stereocenters. The standard InChI is InChI=1S/C24H31NO3/c1-3-18(16-27-2)10-8-9-15-25-24(26)28-17-23-21-13-6-4-11-19(21)20-12-5-7-14-22(20)23/h4-7,11-14,18,23H,3,8-10,15-17H2,1-2H3,(H,25,26). The first-order valence-electron chi connectivity index (χ1n) is 10.3. The van der Waals surface area contributed by atoms with Crippen molar-refractivity contribution in [1.29, 1.82) is 0 Å². The summed E-state index contributed by atoms with van der Waals surface area (Å²) in [5.74, 6) is 0.719. The van der Waals surface area contributed by atoms with Gasteiger partial charge in [-0.05, 0) is 41.0 Å². The molecule has 0 spiro atoms. The van der Waals surface area contributed by atoms with Crippen LogP contribution in [0.2, 0.25) is 0 Å². The van der Waals surface area contributed by atoms with Gasteiger partial charge in [0.15, 0.2) is 0 Å². The molecular formula is C24H31NO3. The molecule has 1 aliphatic carbocycles. The van der Waals surface area contributed by atoms with Gasteiger partial charge in [0.2, 0.25) is 0 Å². The number of hydrogen-bond donors (Lipinski definition) is 1. The third-order valence-electron chi connectivity index (χ3n) is 5.63. The Labute approximate surface area is 168 Å². The van der Waals surface area contributed by atoms with Crippen molar-refractivity contribution in [3.63, 3.8) is 0 Å². The number of carbonyl (C=O) groups is 1. The molecule has 0 aliphatic heterocycles. The third kappa shape index (κ3) is 4.93.